The van der Waals surface area contributed by atoms with Crippen molar-refractivity contribution >= 4 is 33.6 Å². The predicted octanol–water partition coefficient (Wildman–Crippen LogP) is 3.51. The van der Waals surface area contributed by atoms with Gasteiger partial charge in [0, 0.05) is 22.5 Å². The molecule has 8 heteroatoms. The van der Waals surface area contributed by atoms with Gasteiger partial charge in [0.1, 0.15) is 11.3 Å². The van der Waals surface area contributed by atoms with Crippen LogP contribution in [0.3, 0.4) is 0 Å². The van der Waals surface area contributed by atoms with E-state index in [1.54, 1.807) is 24.4 Å². The first-order valence-electron chi connectivity index (χ1n) is 6.98. The molecule has 4 aromatic rings. The molecule has 0 spiro atoms. The Bertz CT molecular complexity index is 1130. The van der Waals surface area contributed by atoms with Crippen LogP contribution in [0, 0.1) is 4.91 Å². The van der Waals surface area contributed by atoms with Gasteiger partial charge in [-0.1, -0.05) is 0 Å². The third-order valence-electron chi connectivity index (χ3n) is 3.91. The van der Waals surface area contributed by atoms with Gasteiger partial charge in [0.25, 0.3) is 0 Å². The zero-order chi connectivity index (χ0) is 16.8. The molecule has 0 aliphatic heterocycles. The summed E-state index contributed by atoms with van der Waals surface area (Å²) in [6, 6.07) is 7.81. The largest absolute Gasteiger partial charge is 0.494 e. The lowest BCUT2D eigenvalue weighted by atomic mass is 10.1. The van der Waals surface area contributed by atoms with E-state index in [9.17, 15) is 14.8 Å². The molecule has 0 bridgehead atoms. The molecule has 3 heterocycles. The van der Waals surface area contributed by atoms with Crippen LogP contribution >= 0.6 is 0 Å². The monoisotopic (exact) mass is 322 g/mol. The van der Waals surface area contributed by atoms with E-state index in [1.165, 1.54) is 12.1 Å². The maximum absolute atomic E-state index is 11.4. The lowest BCUT2D eigenvalue weighted by Crippen LogP contribution is -1.94. The summed E-state index contributed by atoms with van der Waals surface area (Å²) in [5.41, 5.74) is 1.75. The minimum absolute atomic E-state index is 0.0353. The second kappa shape index (κ2) is 4.92. The Balaban J connectivity index is 2.07. The number of pyridine rings is 1. The van der Waals surface area contributed by atoms with Gasteiger partial charge in [0.2, 0.25) is 0 Å². The van der Waals surface area contributed by atoms with E-state index < -0.39 is 5.97 Å². The molecule has 0 unspecified atom stereocenters. The smallest absolute Gasteiger partial charge is 0.335 e. The second-order valence-electron chi connectivity index (χ2n) is 5.25. The van der Waals surface area contributed by atoms with Gasteiger partial charge < -0.3 is 20.2 Å². The van der Waals surface area contributed by atoms with Crippen LogP contribution in [0.25, 0.3) is 33.2 Å². The van der Waals surface area contributed by atoms with E-state index in [1.807, 2.05) is 0 Å². The molecular weight excluding hydrogens is 312 g/mol. The standard InChI is InChI=1S/C16H10N4O4/c21-15-11(8-2-1-5-17-14(8)19-15)13-12(20-24)9-6-7(16(22)23)3-4-10(9)18-13/h1-6,18,21H,(H,17,19)(H,22,23). The predicted molar refractivity (Wildman–Crippen MR) is 87.5 cm³/mol. The van der Waals surface area contributed by atoms with Crippen LogP contribution in [-0.2, 0) is 0 Å². The number of aromatic nitrogens is 3. The lowest BCUT2D eigenvalue weighted by molar-refractivity contribution is 0.0697. The fourth-order valence-electron chi connectivity index (χ4n) is 2.85. The number of nitrogens with one attached hydrogen (secondary N) is 2. The summed E-state index contributed by atoms with van der Waals surface area (Å²) >= 11 is 0. The Hall–Kier alpha value is -3.68. The quantitative estimate of drug-likeness (QED) is 0.428. The fourth-order valence-corrected chi connectivity index (χ4v) is 2.85. The number of aromatic hydroxyl groups is 1. The van der Waals surface area contributed by atoms with Crippen LogP contribution in [0.1, 0.15) is 10.4 Å². The molecule has 4 rings (SSSR count). The van der Waals surface area contributed by atoms with Gasteiger partial charge in [-0.2, -0.15) is 0 Å². The van der Waals surface area contributed by atoms with Crippen LogP contribution in [0.15, 0.2) is 41.7 Å². The van der Waals surface area contributed by atoms with Crippen molar-refractivity contribution in [2.45, 2.75) is 0 Å². The van der Waals surface area contributed by atoms with Crippen molar-refractivity contribution in [1.82, 2.24) is 15.0 Å². The lowest BCUT2D eigenvalue weighted by Gasteiger charge is -1.98. The summed E-state index contributed by atoms with van der Waals surface area (Å²) in [6.45, 7) is 0. The molecule has 1 aromatic carbocycles. The average Bonchev–Trinajstić information content (AvgIpc) is 3.09. The van der Waals surface area contributed by atoms with E-state index in [2.05, 4.69) is 20.1 Å². The summed E-state index contributed by atoms with van der Waals surface area (Å²) in [4.78, 5) is 32.4. The molecule has 4 N–H and O–H groups in total. The average molecular weight is 322 g/mol. The van der Waals surface area contributed by atoms with Gasteiger partial charge in [-0.3, -0.25) is 0 Å². The summed E-state index contributed by atoms with van der Waals surface area (Å²) in [5.74, 6) is -1.26. The highest BCUT2D eigenvalue weighted by Crippen LogP contribution is 2.43. The van der Waals surface area contributed by atoms with Gasteiger partial charge in [0.05, 0.1) is 16.8 Å². The number of nitrogens with zero attached hydrogens (tertiary/aromatic N) is 2. The number of hydrogen-bond donors (Lipinski definition) is 4. The summed E-state index contributed by atoms with van der Waals surface area (Å²) in [5, 5.41) is 23.4. The molecule has 0 saturated heterocycles. The molecule has 0 radical (unpaired) electrons. The second-order valence-corrected chi connectivity index (χ2v) is 5.25. The van der Waals surface area contributed by atoms with Crippen molar-refractivity contribution in [2.24, 2.45) is 5.18 Å². The third kappa shape index (κ3) is 1.86. The summed E-state index contributed by atoms with van der Waals surface area (Å²) in [7, 11) is 0. The van der Waals surface area contributed by atoms with Crippen molar-refractivity contribution in [1.29, 1.82) is 0 Å². The van der Waals surface area contributed by atoms with E-state index >= 15 is 0 Å². The Morgan fingerprint density at radius 1 is 1.17 bits per heavy atom. The first-order valence-corrected chi connectivity index (χ1v) is 6.98. The summed E-state index contributed by atoms with van der Waals surface area (Å²) < 4.78 is 0. The number of carboxylic acids is 1. The number of carbonyl (C=O) groups is 1. The Kier molecular flexibility index (Phi) is 2.86. The van der Waals surface area contributed by atoms with Gasteiger partial charge in [-0.25, -0.2) is 9.78 Å². The molecule has 0 fully saturated rings. The van der Waals surface area contributed by atoms with Gasteiger partial charge in [-0.15, -0.1) is 4.91 Å². The number of benzene rings is 1. The fraction of sp³-hybridized carbons (Fsp3) is 0. The number of carboxylic acid groups (broad SMARTS) is 1. The van der Waals surface area contributed by atoms with Crippen molar-refractivity contribution < 1.29 is 15.0 Å². The number of hydrogen-bond acceptors (Lipinski definition) is 5. The normalized spacial score (nSPS) is 11.2. The zero-order valence-electron chi connectivity index (χ0n) is 12.1. The van der Waals surface area contributed by atoms with Crippen molar-refractivity contribution in [3.05, 3.63) is 47.0 Å². The van der Waals surface area contributed by atoms with E-state index in [0.717, 1.165) is 0 Å². The van der Waals surface area contributed by atoms with Crippen molar-refractivity contribution in [3.8, 4) is 17.1 Å². The van der Waals surface area contributed by atoms with Gasteiger partial charge >= 0.3 is 5.97 Å². The molecule has 0 saturated carbocycles. The summed E-state index contributed by atoms with van der Waals surface area (Å²) in [6.07, 6.45) is 1.57. The maximum Gasteiger partial charge on any atom is 0.335 e. The molecule has 0 atom stereocenters. The van der Waals surface area contributed by atoms with E-state index in [0.29, 0.717) is 33.2 Å². The Labute approximate surface area is 133 Å². The Morgan fingerprint density at radius 3 is 2.75 bits per heavy atom. The van der Waals surface area contributed by atoms with Gasteiger partial charge in [-0.05, 0) is 35.5 Å². The zero-order valence-corrected chi connectivity index (χ0v) is 12.1. The molecule has 24 heavy (non-hydrogen) atoms. The van der Waals surface area contributed by atoms with Crippen molar-refractivity contribution in [2.75, 3.05) is 0 Å². The highest BCUT2D eigenvalue weighted by molar-refractivity contribution is 6.08. The van der Waals surface area contributed by atoms with Crippen LogP contribution in [0.4, 0.5) is 5.69 Å². The molecule has 0 amide bonds. The number of fused-ring (bicyclic) bond motifs is 2. The van der Waals surface area contributed by atoms with Crippen LogP contribution in [0.5, 0.6) is 5.88 Å². The molecule has 0 aliphatic rings. The number of aromatic carboxylic acids is 1. The highest BCUT2D eigenvalue weighted by Gasteiger charge is 2.22. The Morgan fingerprint density at radius 2 is 2.00 bits per heavy atom. The number of aromatic amines is 2. The van der Waals surface area contributed by atoms with Crippen LogP contribution in [0.2, 0.25) is 0 Å². The van der Waals surface area contributed by atoms with Crippen LogP contribution in [-0.4, -0.2) is 31.1 Å². The molecule has 0 aliphatic carbocycles. The molecular formula is C16H10N4O4. The highest BCUT2D eigenvalue weighted by atomic mass is 16.4. The first-order chi connectivity index (χ1) is 11.6. The minimum atomic E-state index is -1.10. The van der Waals surface area contributed by atoms with E-state index in [4.69, 9.17) is 5.11 Å². The topological polar surface area (TPSA) is 131 Å². The minimum Gasteiger partial charge on any atom is -0.494 e. The molecule has 3 aromatic heterocycles. The van der Waals surface area contributed by atoms with E-state index in [-0.39, 0.29) is 17.1 Å². The number of H-pyrrole nitrogens is 2. The SMILES string of the molecule is O=Nc1c(-c2c(O)[nH]c3ncccc23)[nH]c2ccc(C(=O)O)cc12. The molecule has 118 valence electrons. The third-order valence-corrected chi connectivity index (χ3v) is 3.91. The number of rotatable bonds is 3. The van der Waals surface area contributed by atoms with Crippen molar-refractivity contribution in [3.63, 3.8) is 0 Å². The van der Waals surface area contributed by atoms with Gasteiger partial charge in [0.15, 0.2) is 5.88 Å². The number of nitroso groups, excluding NO2 is 1. The first kappa shape index (κ1) is 13.9. The molecule has 8 nitrogen and oxygen atoms in total. The van der Waals surface area contributed by atoms with Crippen LogP contribution < -0.4 is 0 Å². The maximum atomic E-state index is 11.4.